The second kappa shape index (κ2) is 5.51. The Bertz CT molecular complexity index is 843. The number of nitrogens with one attached hydrogen (secondary N) is 2. The highest BCUT2D eigenvalue weighted by molar-refractivity contribution is 6.36. The van der Waals surface area contributed by atoms with Gasteiger partial charge in [-0.25, -0.2) is 0 Å². The first kappa shape index (κ1) is 13.5. The molecule has 1 heterocycles. The lowest BCUT2D eigenvalue weighted by atomic mass is 10.1. The number of halogens is 1. The Labute approximate surface area is 128 Å². The molecule has 0 aliphatic carbocycles. The molecule has 3 rings (SSSR count). The Morgan fingerprint density at radius 1 is 1.19 bits per heavy atom. The van der Waals surface area contributed by atoms with E-state index in [-0.39, 0.29) is 0 Å². The molecular weight excluding hydrogens is 282 g/mol. The van der Waals surface area contributed by atoms with Crippen molar-refractivity contribution >= 4 is 28.2 Å². The molecule has 0 saturated carbocycles. The van der Waals surface area contributed by atoms with Gasteiger partial charge in [-0.2, -0.15) is 5.26 Å². The number of anilines is 1. The number of hydrogen-bond donors (Lipinski definition) is 2. The van der Waals surface area contributed by atoms with Gasteiger partial charge in [0.05, 0.1) is 28.5 Å². The van der Waals surface area contributed by atoms with Gasteiger partial charge in [0.25, 0.3) is 0 Å². The van der Waals surface area contributed by atoms with Crippen molar-refractivity contribution in [3.63, 3.8) is 0 Å². The normalized spacial score (nSPS) is 10.5. The molecule has 0 bridgehead atoms. The fraction of sp³-hybridized carbons (Fsp3) is 0.118. The van der Waals surface area contributed by atoms with E-state index in [0.29, 0.717) is 12.1 Å². The molecule has 0 unspecified atom stereocenters. The number of aryl methyl sites for hydroxylation is 1. The smallest absolute Gasteiger partial charge is 0.102 e. The minimum Gasteiger partial charge on any atom is -0.378 e. The summed E-state index contributed by atoms with van der Waals surface area (Å²) in [6, 6.07) is 15.9. The Morgan fingerprint density at radius 2 is 2.00 bits per heavy atom. The Hall–Kier alpha value is -2.44. The number of rotatable bonds is 3. The van der Waals surface area contributed by atoms with E-state index in [1.54, 1.807) is 0 Å². The number of para-hydroxylation sites is 1. The summed E-state index contributed by atoms with van der Waals surface area (Å²) in [5.41, 5.74) is 4.40. The van der Waals surface area contributed by atoms with Crippen LogP contribution in [0.25, 0.3) is 10.9 Å². The molecule has 3 nitrogen and oxygen atoms in total. The second-order valence-electron chi connectivity index (χ2n) is 4.93. The van der Waals surface area contributed by atoms with Crippen LogP contribution in [-0.4, -0.2) is 4.98 Å². The molecule has 0 radical (unpaired) electrons. The third-order valence-electron chi connectivity index (χ3n) is 3.55. The largest absolute Gasteiger partial charge is 0.378 e. The Kier molecular flexibility index (Phi) is 3.55. The number of aromatic nitrogens is 1. The fourth-order valence-electron chi connectivity index (χ4n) is 2.43. The average Bonchev–Trinajstić information content (AvgIpc) is 2.82. The maximum atomic E-state index is 9.24. The zero-order valence-corrected chi connectivity index (χ0v) is 12.3. The lowest BCUT2D eigenvalue weighted by Crippen LogP contribution is -2.02. The highest BCUT2D eigenvalue weighted by atomic mass is 35.5. The van der Waals surface area contributed by atoms with Crippen molar-refractivity contribution < 1.29 is 0 Å². The molecule has 0 aliphatic heterocycles. The van der Waals surface area contributed by atoms with Crippen LogP contribution in [0.2, 0.25) is 5.02 Å². The van der Waals surface area contributed by atoms with E-state index in [1.807, 2.05) is 49.4 Å². The van der Waals surface area contributed by atoms with E-state index in [4.69, 9.17) is 11.6 Å². The summed E-state index contributed by atoms with van der Waals surface area (Å²) in [4.78, 5) is 3.31. The van der Waals surface area contributed by atoms with Crippen LogP contribution >= 0.6 is 11.6 Å². The zero-order chi connectivity index (χ0) is 14.8. The van der Waals surface area contributed by atoms with Gasteiger partial charge in [-0.05, 0) is 24.6 Å². The first-order valence-electron chi connectivity index (χ1n) is 6.69. The summed E-state index contributed by atoms with van der Waals surface area (Å²) in [5, 5.41) is 14.3. The van der Waals surface area contributed by atoms with Crippen LogP contribution in [0.4, 0.5) is 5.69 Å². The summed E-state index contributed by atoms with van der Waals surface area (Å²) in [5.74, 6) is 0. The lowest BCUT2D eigenvalue weighted by molar-refractivity contribution is 1.08. The maximum absolute atomic E-state index is 9.24. The molecule has 2 aromatic carbocycles. The van der Waals surface area contributed by atoms with Gasteiger partial charge in [0.15, 0.2) is 0 Å². The number of nitriles is 1. The van der Waals surface area contributed by atoms with E-state index < -0.39 is 0 Å². The Balaban J connectivity index is 1.89. The number of hydrogen-bond acceptors (Lipinski definition) is 2. The first-order chi connectivity index (χ1) is 10.2. The van der Waals surface area contributed by atoms with Crippen molar-refractivity contribution in [2.24, 2.45) is 0 Å². The molecular formula is C17H14ClN3. The predicted molar refractivity (Wildman–Crippen MR) is 86.5 cm³/mol. The van der Waals surface area contributed by atoms with Crippen molar-refractivity contribution in [1.29, 1.82) is 5.26 Å². The second-order valence-corrected chi connectivity index (χ2v) is 5.30. The summed E-state index contributed by atoms with van der Waals surface area (Å²) in [6.07, 6.45) is 0. The van der Waals surface area contributed by atoms with Gasteiger partial charge in [-0.15, -0.1) is 0 Å². The van der Waals surface area contributed by atoms with Crippen LogP contribution in [0, 0.1) is 18.3 Å². The highest BCUT2D eigenvalue weighted by Crippen LogP contribution is 2.28. The highest BCUT2D eigenvalue weighted by Gasteiger charge is 2.10. The molecule has 0 fully saturated rings. The predicted octanol–water partition coefficient (Wildman–Crippen LogP) is 4.61. The van der Waals surface area contributed by atoms with E-state index in [1.165, 1.54) is 0 Å². The summed E-state index contributed by atoms with van der Waals surface area (Å²) in [6.45, 7) is 2.48. The minimum atomic E-state index is 0.547. The molecule has 4 heteroatoms. The molecule has 21 heavy (non-hydrogen) atoms. The molecule has 0 saturated heterocycles. The molecule has 3 aromatic rings. The van der Waals surface area contributed by atoms with Gasteiger partial charge in [-0.3, -0.25) is 0 Å². The zero-order valence-electron chi connectivity index (χ0n) is 11.6. The van der Waals surface area contributed by atoms with Crippen LogP contribution < -0.4 is 5.32 Å². The molecule has 0 spiro atoms. The summed E-state index contributed by atoms with van der Waals surface area (Å²) in [7, 11) is 0. The van der Waals surface area contributed by atoms with Gasteiger partial charge >= 0.3 is 0 Å². The number of H-pyrrole nitrogens is 1. The van der Waals surface area contributed by atoms with Crippen molar-refractivity contribution in [3.8, 4) is 6.07 Å². The standard InChI is InChI=1S/C17H14ClN3/c1-11-5-4-8-14(13(11)9-19)20-10-16-17(18)12-6-2-3-7-15(12)21-16/h2-8,20-21H,10H2,1H3. The van der Waals surface area contributed by atoms with E-state index >= 15 is 0 Å². The third kappa shape index (κ3) is 2.46. The summed E-state index contributed by atoms with van der Waals surface area (Å²) < 4.78 is 0. The van der Waals surface area contributed by atoms with Crippen LogP contribution in [0.5, 0.6) is 0 Å². The minimum absolute atomic E-state index is 0.547. The van der Waals surface area contributed by atoms with Crippen molar-refractivity contribution in [2.75, 3.05) is 5.32 Å². The number of benzene rings is 2. The van der Waals surface area contributed by atoms with E-state index in [2.05, 4.69) is 16.4 Å². The number of aromatic amines is 1. The molecule has 1 aromatic heterocycles. The maximum Gasteiger partial charge on any atom is 0.102 e. The van der Waals surface area contributed by atoms with Gasteiger partial charge < -0.3 is 10.3 Å². The van der Waals surface area contributed by atoms with E-state index in [0.717, 1.165) is 32.9 Å². The lowest BCUT2D eigenvalue weighted by Gasteiger charge is -2.09. The van der Waals surface area contributed by atoms with Crippen LogP contribution in [-0.2, 0) is 6.54 Å². The topological polar surface area (TPSA) is 51.6 Å². The van der Waals surface area contributed by atoms with Crippen molar-refractivity contribution in [2.45, 2.75) is 13.5 Å². The molecule has 0 atom stereocenters. The third-order valence-corrected chi connectivity index (χ3v) is 3.99. The SMILES string of the molecule is Cc1cccc(NCc2[nH]c3ccccc3c2Cl)c1C#N. The fourth-order valence-corrected chi connectivity index (χ4v) is 2.71. The van der Waals surface area contributed by atoms with E-state index in [9.17, 15) is 5.26 Å². The quantitative estimate of drug-likeness (QED) is 0.741. The number of nitrogens with zero attached hydrogens (tertiary/aromatic N) is 1. The van der Waals surface area contributed by atoms with Gasteiger partial charge in [0, 0.05) is 10.9 Å². The van der Waals surface area contributed by atoms with Gasteiger partial charge in [-0.1, -0.05) is 41.9 Å². The molecule has 0 aliphatic rings. The monoisotopic (exact) mass is 295 g/mol. The molecule has 0 amide bonds. The van der Waals surface area contributed by atoms with Crippen molar-refractivity contribution in [3.05, 3.63) is 64.3 Å². The van der Waals surface area contributed by atoms with Gasteiger partial charge in [0.2, 0.25) is 0 Å². The summed E-state index contributed by atoms with van der Waals surface area (Å²) >= 11 is 6.39. The van der Waals surface area contributed by atoms with Crippen molar-refractivity contribution in [1.82, 2.24) is 4.98 Å². The first-order valence-corrected chi connectivity index (χ1v) is 7.07. The van der Waals surface area contributed by atoms with Gasteiger partial charge in [0.1, 0.15) is 6.07 Å². The van der Waals surface area contributed by atoms with Crippen LogP contribution in [0.15, 0.2) is 42.5 Å². The Morgan fingerprint density at radius 3 is 2.76 bits per heavy atom. The van der Waals surface area contributed by atoms with Crippen LogP contribution in [0.1, 0.15) is 16.8 Å². The van der Waals surface area contributed by atoms with Crippen LogP contribution in [0.3, 0.4) is 0 Å². The average molecular weight is 296 g/mol. The molecule has 104 valence electrons. The molecule has 2 N–H and O–H groups in total. The number of fused-ring (bicyclic) bond motifs is 1.